The van der Waals surface area contributed by atoms with E-state index in [2.05, 4.69) is 50.0 Å². The zero-order valence-corrected chi connectivity index (χ0v) is 16.3. The highest BCUT2D eigenvalue weighted by Crippen LogP contribution is 2.31. The van der Waals surface area contributed by atoms with Crippen LogP contribution >= 0.6 is 15.9 Å². The van der Waals surface area contributed by atoms with Crippen molar-refractivity contribution in [1.82, 2.24) is 9.80 Å². The van der Waals surface area contributed by atoms with Crippen molar-refractivity contribution in [2.75, 3.05) is 19.6 Å². The fourth-order valence-electron chi connectivity index (χ4n) is 4.38. The number of carbonyl (C=O) groups excluding carboxylic acids is 1. The molecular weight excluding hydrogens is 364 g/mol. The van der Waals surface area contributed by atoms with E-state index < -0.39 is 0 Å². The molecule has 1 amide bonds. The number of hydrogen-bond donors (Lipinski definition) is 0. The molecule has 2 fully saturated rings. The Bertz CT molecular complexity index is 554. The number of hydrogen-bond acceptors (Lipinski definition) is 2. The Labute approximate surface area is 154 Å². The predicted molar refractivity (Wildman–Crippen MR) is 102 cm³/mol. The molecule has 0 radical (unpaired) electrons. The SMILES string of the molecule is CC(=O)N1CCCCCC1C1CCN(Cc2ccccc2Br)CC1. The van der Waals surface area contributed by atoms with Crippen LogP contribution in [0.25, 0.3) is 0 Å². The Balaban J connectivity index is 1.57. The lowest BCUT2D eigenvalue weighted by atomic mass is 9.86. The zero-order valence-electron chi connectivity index (χ0n) is 14.7. The van der Waals surface area contributed by atoms with Crippen LogP contribution in [0.4, 0.5) is 0 Å². The molecule has 2 heterocycles. The number of likely N-dealkylation sites (tertiary alicyclic amines) is 2. The van der Waals surface area contributed by atoms with E-state index >= 15 is 0 Å². The average molecular weight is 393 g/mol. The molecule has 2 aliphatic rings. The zero-order chi connectivity index (χ0) is 16.9. The molecule has 24 heavy (non-hydrogen) atoms. The Morgan fingerprint density at radius 3 is 2.54 bits per heavy atom. The minimum atomic E-state index is 0.276. The van der Waals surface area contributed by atoms with Gasteiger partial charge in [0, 0.05) is 30.5 Å². The molecule has 0 saturated carbocycles. The maximum absolute atomic E-state index is 12.1. The molecule has 3 nitrogen and oxygen atoms in total. The topological polar surface area (TPSA) is 23.6 Å². The third-order valence-corrected chi connectivity index (χ3v) is 6.51. The van der Waals surface area contributed by atoms with Crippen molar-refractivity contribution in [2.24, 2.45) is 5.92 Å². The fraction of sp³-hybridized carbons (Fsp3) is 0.650. The van der Waals surface area contributed by atoms with E-state index in [1.165, 1.54) is 48.6 Å². The molecule has 1 atom stereocenters. The van der Waals surface area contributed by atoms with Gasteiger partial charge in [-0.3, -0.25) is 9.69 Å². The van der Waals surface area contributed by atoms with Gasteiger partial charge < -0.3 is 4.90 Å². The van der Waals surface area contributed by atoms with Crippen LogP contribution in [0.2, 0.25) is 0 Å². The molecule has 0 spiro atoms. The summed E-state index contributed by atoms with van der Waals surface area (Å²) in [4.78, 5) is 16.8. The highest BCUT2D eigenvalue weighted by molar-refractivity contribution is 9.10. The summed E-state index contributed by atoms with van der Waals surface area (Å²) in [5, 5.41) is 0. The maximum Gasteiger partial charge on any atom is 0.219 e. The van der Waals surface area contributed by atoms with Crippen molar-refractivity contribution in [3.63, 3.8) is 0 Å². The minimum Gasteiger partial charge on any atom is -0.340 e. The number of amides is 1. The highest BCUT2D eigenvalue weighted by atomic mass is 79.9. The van der Waals surface area contributed by atoms with Crippen LogP contribution in [-0.4, -0.2) is 41.4 Å². The second-order valence-electron chi connectivity index (χ2n) is 7.33. The van der Waals surface area contributed by atoms with Gasteiger partial charge in [0.05, 0.1) is 0 Å². The first-order valence-electron chi connectivity index (χ1n) is 9.38. The molecule has 1 unspecified atom stereocenters. The van der Waals surface area contributed by atoms with E-state index in [0.717, 1.165) is 26.2 Å². The van der Waals surface area contributed by atoms with E-state index in [-0.39, 0.29) is 5.91 Å². The summed E-state index contributed by atoms with van der Waals surface area (Å²) in [6.45, 7) is 6.04. The lowest BCUT2D eigenvalue weighted by Gasteiger charge is -2.40. The van der Waals surface area contributed by atoms with Gasteiger partial charge in [0.25, 0.3) is 0 Å². The summed E-state index contributed by atoms with van der Waals surface area (Å²) in [6, 6.07) is 9.00. The van der Waals surface area contributed by atoms with E-state index in [0.29, 0.717) is 12.0 Å². The van der Waals surface area contributed by atoms with Crippen molar-refractivity contribution in [2.45, 2.75) is 58.0 Å². The van der Waals surface area contributed by atoms with Gasteiger partial charge in [0.2, 0.25) is 5.91 Å². The van der Waals surface area contributed by atoms with E-state index in [4.69, 9.17) is 0 Å². The third kappa shape index (κ3) is 4.40. The van der Waals surface area contributed by atoms with Crippen LogP contribution in [0.15, 0.2) is 28.7 Å². The molecule has 0 N–H and O–H groups in total. The van der Waals surface area contributed by atoms with Gasteiger partial charge in [-0.1, -0.05) is 47.0 Å². The quantitative estimate of drug-likeness (QED) is 0.758. The number of nitrogens with zero attached hydrogens (tertiary/aromatic N) is 2. The van der Waals surface area contributed by atoms with E-state index in [9.17, 15) is 4.79 Å². The number of carbonyl (C=O) groups is 1. The van der Waals surface area contributed by atoms with Crippen molar-refractivity contribution in [1.29, 1.82) is 0 Å². The van der Waals surface area contributed by atoms with Crippen LogP contribution in [-0.2, 0) is 11.3 Å². The number of benzene rings is 1. The normalized spacial score (nSPS) is 23.9. The Kier molecular flexibility index (Phi) is 6.34. The molecule has 4 heteroatoms. The summed E-state index contributed by atoms with van der Waals surface area (Å²) < 4.78 is 1.21. The van der Waals surface area contributed by atoms with Gasteiger partial charge in [-0.05, 0) is 56.3 Å². The fourth-order valence-corrected chi connectivity index (χ4v) is 4.79. The van der Waals surface area contributed by atoms with Crippen LogP contribution in [0, 0.1) is 5.92 Å². The molecule has 2 saturated heterocycles. The molecule has 1 aromatic carbocycles. The standard InChI is InChI=1S/C20H29BrN2O/c1-16(24)23-12-6-2-3-9-20(23)17-10-13-22(14-11-17)15-18-7-4-5-8-19(18)21/h4-5,7-8,17,20H,2-3,6,9-15H2,1H3. The van der Waals surface area contributed by atoms with Crippen molar-refractivity contribution >= 4 is 21.8 Å². The molecule has 132 valence electrons. The average Bonchev–Trinajstić information content (AvgIpc) is 2.84. The summed E-state index contributed by atoms with van der Waals surface area (Å²) in [5.41, 5.74) is 1.37. The van der Waals surface area contributed by atoms with Crippen molar-refractivity contribution in [3.8, 4) is 0 Å². The summed E-state index contributed by atoms with van der Waals surface area (Å²) in [5.74, 6) is 0.958. The van der Waals surface area contributed by atoms with E-state index in [1.807, 2.05) is 0 Å². The lowest BCUT2D eigenvalue weighted by molar-refractivity contribution is -0.132. The van der Waals surface area contributed by atoms with Crippen molar-refractivity contribution < 1.29 is 4.79 Å². The Morgan fingerprint density at radius 1 is 1.08 bits per heavy atom. The van der Waals surface area contributed by atoms with Gasteiger partial charge in [0.15, 0.2) is 0 Å². The van der Waals surface area contributed by atoms with Gasteiger partial charge in [-0.2, -0.15) is 0 Å². The van der Waals surface area contributed by atoms with Crippen LogP contribution in [0.1, 0.15) is 51.0 Å². The Morgan fingerprint density at radius 2 is 1.83 bits per heavy atom. The lowest BCUT2D eigenvalue weighted by Crippen LogP contribution is -2.47. The first-order valence-corrected chi connectivity index (χ1v) is 10.2. The minimum absolute atomic E-state index is 0.276. The van der Waals surface area contributed by atoms with Crippen LogP contribution in [0.5, 0.6) is 0 Å². The number of piperidine rings is 1. The molecule has 0 bridgehead atoms. The molecule has 2 aliphatic heterocycles. The predicted octanol–water partition coefficient (Wildman–Crippen LogP) is 4.45. The highest BCUT2D eigenvalue weighted by Gasteiger charge is 2.32. The number of rotatable bonds is 3. The molecule has 0 aliphatic carbocycles. The monoisotopic (exact) mass is 392 g/mol. The van der Waals surface area contributed by atoms with Crippen LogP contribution in [0.3, 0.4) is 0 Å². The second-order valence-corrected chi connectivity index (χ2v) is 8.19. The summed E-state index contributed by atoms with van der Waals surface area (Å²) in [6.07, 6.45) is 7.38. The third-order valence-electron chi connectivity index (χ3n) is 5.73. The molecule has 1 aromatic rings. The summed E-state index contributed by atoms with van der Waals surface area (Å²) >= 11 is 3.66. The summed E-state index contributed by atoms with van der Waals surface area (Å²) in [7, 11) is 0. The van der Waals surface area contributed by atoms with Gasteiger partial charge in [-0.25, -0.2) is 0 Å². The second kappa shape index (κ2) is 8.48. The first-order chi connectivity index (χ1) is 11.6. The van der Waals surface area contributed by atoms with Crippen molar-refractivity contribution in [3.05, 3.63) is 34.3 Å². The van der Waals surface area contributed by atoms with E-state index in [1.54, 1.807) is 6.92 Å². The first kappa shape index (κ1) is 17.9. The van der Waals surface area contributed by atoms with Gasteiger partial charge in [0.1, 0.15) is 0 Å². The smallest absolute Gasteiger partial charge is 0.219 e. The van der Waals surface area contributed by atoms with Gasteiger partial charge >= 0.3 is 0 Å². The largest absolute Gasteiger partial charge is 0.340 e. The number of halogens is 1. The Hall–Kier alpha value is -0.870. The molecular formula is C20H29BrN2O. The molecule has 3 rings (SSSR count). The van der Waals surface area contributed by atoms with Crippen LogP contribution < -0.4 is 0 Å². The maximum atomic E-state index is 12.1. The van der Waals surface area contributed by atoms with Gasteiger partial charge in [-0.15, -0.1) is 0 Å². The molecule has 0 aromatic heterocycles.